The highest BCUT2D eigenvalue weighted by Crippen LogP contribution is 2.71. The van der Waals surface area contributed by atoms with Crippen LogP contribution in [0.1, 0.15) is 59.8 Å². The average Bonchev–Trinajstić information content (AvgIpc) is 3.10. The number of carbonyl (C=O) groups is 4. The number of Topliss-reactive ketones (excluding diaryl/α,β-unsaturated/α-hetero) is 1. The molecule has 7 atom stereocenters. The first-order valence-corrected chi connectivity index (χ1v) is 13.1. The lowest BCUT2D eigenvalue weighted by Gasteiger charge is -2.63. The van der Waals surface area contributed by atoms with E-state index in [2.05, 4.69) is 0 Å². The van der Waals surface area contributed by atoms with Crippen LogP contribution in [0.3, 0.4) is 0 Å². The fourth-order valence-corrected chi connectivity index (χ4v) is 8.06. The van der Waals surface area contributed by atoms with Crippen molar-refractivity contribution in [1.82, 2.24) is 0 Å². The fraction of sp³-hybridized carbons (Fsp3) is 0.704. The van der Waals surface area contributed by atoms with Crippen molar-refractivity contribution in [2.75, 3.05) is 13.7 Å². The molecule has 0 aromatic carbocycles. The number of alkyl halides is 1. The van der Waals surface area contributed by atoms with E-state index in [1.807, 2.05) is 13.8 Å². The normalized spacial score (nSPS) is 40.2. The van der Waals surface area contributed by atoms with Gasteiger partial charge in [0.15, 0.2) is 18.0 Å². The molecule has 0 saturated heterocycles. The topological polar surface area (TPSA) is 125 Å². The average molecular weight is 539 g/mol. The Hall–Kier alpha value is -2.39. The Bertz CT molecular complexity index is 1070. The second-order valence-corrected chi connectivity index (χ2v) is 11.9. The first-order chi connectivity index (χ1) is 17.2. The third kappa shape index (κ3) is 4.00. The second kappa shape index (κ2) is 9.42. The van der Waals surface area contributed by atoms with Crippen molar-refractivity contribution < 1.29 is 43.2 Å². The molecule has 3 saturated carbocycles. The molecule has 0 aromatic rings. The summed E-state index contributed by atoms with van der Waals surface area (Å²) in [5.41, 5.74) is -2.58. The number of hydrogen-bond donors (Lipinski definition) is 1. The standard InChI is InChI=1S/C27H35ClO9/c1-15(2)36-23(33)35-14-21(31)26(37-22(32)34-5)11-9-18-19-7-6-16-12-17(29)8-10-24(16,3)27(19,28)20(30)13-25(18,26)4/h8,10,12,15,18-20,30H,6-7,9,11,13-14H2,1-5H3/t18-,19-,20?,24-,25-,26-,27-/m0/s1. The molecule has 1 N–H and O–H groups in total. The molecule has 4 aliphatic carbocycles. The van der Waals surface area contributed by atoms with E-state index in [9.17, 15) is 24.3 Å². The van der Waals surface area contributed by atoms with Gasteiger partial charge in [-0.15, -0.1) is 11.6 Å². The number of aliphatic hydroxyl groups is 1. The lowest BCUT2D eigenvalue weighted by atomic mass is 9.45. The van der Waals surface area contributed by atoms with Gasteiger partial charge in [-0.3, -0.25) is 9.59 Å². The molecule has 0 aromatic heterocycles. The van der Waals surface area contributed by atoms with Crippen molar-refractivity contribution >= 4 is 35.5 Å². The van der Waals surface area contributed by atoms with Crippen LogP contribution in [0.5, 0.6) is 0 Å². The highest BCUT2D eigenvalue weighted by Gasteiger charge is 2.74. The van der Waals surface area contributed by atoms with E-state index >= 15 is 0 Å². The summed E-state index contributed by atoms with van der Waals surface area (Å²) in [7, 11) is 1.15. The summed E-state index contributed by atoms with van der Waals surface area (Å²) in [6.07, 6.45) is 3.27. The minimum absolute atomic E-state index is 0.0570. The van der Waals surface area contributed by atoms with Gasteiger partial charge in [-0.25, -0.2) is 9.59 Å². The van der Waals surface area contributed by atoms with Crippen LogP contribution in [0.15, 0.2) is 23.8 Å². The van der Waals surface area contributed by atoms with Crippen molar-refractivity contribution in [3.63, 3.8) is 0 Å². The van der Waals surface area contributed by atoms with Crippen LogP contribution in [0, 0.1) is 22.7 Å². The summed E-state index contributed by atoms with van der Waals surface area (Å²) in [5, 5.41) is 11.7. The molecule has 0 amide bonds. The highest BCUT2D eigenvalue weighted by atomic mass is 35.5. The molecular weight excluding hydrogens is 504 g/mol. The molecule has 4 aliphatic rings. The first-order valence-electron chi connectivity index (χ1n) is 12.7. The van der Waals surface area contributed by atoms with E-state index in [1.54, 1.807) is 26.0 Å². The molecule has 1 unspecified atom stereocenters. The summed E-state index contributed by atoms with van der Waals surface area (Å²) < 4.78 is 20.5. The van der Waals surface area contributed by atoms with Crippen LogP contribution >= 0.6 is 11.6 Å². The minimum atomic E-state index is -1.70. The molecule has 10 heteroatoms. The Labute approximate surface area is 221 Å². The lowest BCUT2D eigenvalue weighted by Crippen LogP contribution is -2.69. The molecule has 0 bridgehead atoms. The summed E-state index contributed by atoms with van der Waals surface area (Å²) in [6, 6.07) is 0. The summed E-state index contributed by atoms with van der Waals surface area (Å²) in [4.78, 5) is 49.0. The van der Waals surface area contributed by atoms with E-state index in [-0.39, 0.29) is 30.5 Å². The molecule has 3 fully saturated rings. The van der Waals surface area contributed by atoms with Crippen molar-refractivity contribution in [2.24, 2.45) is 22.7 Å². The van der Waals surface area contributed by atoms with Gasteiger partial charge in [0.1, 0.15) is 0 Å². The van der Waals surface area contributed by atoms with Crippen LogP contribution in [0.2, 0.25) is 0 Å². The van der Waals surface area contributed by atoms with E-state index in [0.29, 0.717) is 19.3 Å². The molecule has 4 rings (SSSR count). The zero-order valence-electron chi connectivity index (χ0n) is 21.9. The van der Waals surface area contributed by atoms with Gasteiger partial charge in [0.25, 0.3) is 0 Å². The Morgan fingerprint density at radius 2 is 1.86 bits per heavy atom. The van der Waals surface area contributed by atoms with Gasteiger partial charge in [-0.05, 0) is 69.9 Å². The number of allylic oxidation sites excluding steroid dienone is 4. The van der Waals surface area contributed by atoms with Crippen LogP contribution in [-0.2, 0) is 28.5 Å². The van der Waals surface area contributed by atoms with Gasteiger partial charge in [0.2, 0.25) is 5.78 Å². The molecule has 37 heavy (non-hydrogen) atoms. The molecule has 0 aliphatic heterocycles. The van der Waals surface area contributed by atoms with E-state index in [4.69, 9.17) is 30.5 Å². The maximum absolute atomic E-state index is 13.7. The summed E-state index contributed by atoms with van der Waals surface area (Å²) in [5.74, 6) is -1.15. The monoisotopic (exact) mass is 538 g/mol. The maximum atomic E-state index is 13.7. The number of ether oxygens (including phenoxy) is 4. The Morgan fingerprint density at radius 3 is 2.51 bits per heavy atom. The van der Waals surface area contributed by atoms with E-state index in [0.717, 1.165) is 12.7 Å². The second-order valence-electron chi connectivity index (χ2n) is 11.3. The smallest absolute Gasteiger partial charge is 0.438 e. The molecule has 0 heterocycles. The van der Waals surface area contributed by atoms with Gasteiger partial charge in [0, 0.05) is 10.8 Å². The first kappa shape index (κ1) is 27.6. The largest absolute Gasteiger partial charge is 0.509 e. The van der Waals surface area contributed by atoms with Gasteiger partial charge in [0.05, 0.1) is 24.2 Å². The third-order valence-corrected chi connectivity index (χ3v) is 10.2. The number of fused-ring (bicyclic) bond motifs is 5. The number of aliphatic hydroxyl groups excluding tert-OH is 1. The number of rotatable bonds is 5. The van der Waals surface area contributed by atoms with Crippen LogP contribution in [0.25, 0.3) is 0 Å². The molecule has 204 valence electrons. The van der Waals surface area contributed by atoms with Gasteiger partial charge < -0.3 is 24.1 Å². The Kier molecular flexibility index (Phi) is 7.03. The molecule has 9 nitrogen and oxygen atoms in total. The van der Waals surface area contributed by atoms with Gasteiger partial charge in [-0.1, -0.05) is 25.5 Å². The van der Waals surface area contributed by atoms with Crippen LogP contribution in [0.4, 0.5) is 9.59 Å². The molecule has 0 radical (unpaired) electrons. The van der Waals surface area contributed by atoms with Crippen molar-refractivity contribution in [2.45, 2.75) is 82.5 Å². The Morgan fingerprint density at radius 1 is 1.16 bits per heavy atom. The van der Waals surface area contributed by atoms with Crippen LogP contribution in [-0.4, -0.2) is 65.4 Å². The summed E-state index contributed by atoms with van der Waals surface area (Å²) >= 11 is 7.42. The van der Waals surface area contributed by atoms with E-state index < -0.39 is 58.2 Å². The lowest BCUT2D eigenvalue weighted by molar-refractivity contribution is -0.179. The van der Waals surface area contributed by atoms with Crippen LogP contribution < -0.4 is 0 Å². The zero-order valence-corrected chi connectivity index (χ0v) is 22.6. The zero-order chi connectivity index (χ0) is 27.4. The SMILES string of the molecule is COC(=O)O[C@]1(C(=O)COC(=O)OC(C)C)CC[C@H]2[C@@H]3CCC4=CC(=O)C=C[C@]4(C)[C@@]3(Cl)C(O)C[C@@]21C. The fourth-order valence-electron chi connectivity index (χ4n) is 7.53. The minimum Gasteiger partial charge on any atom is -0.438 e. The quantitative estimate of drug-likeness (QED) is 0.403. The number of hydrogen-bond acceptors (Lipinski definition) is 9. The van der Waals surface area contributed by atoms with Crippen molar-refractivity contribution in [3.05, 3.63) is 23.8 Å². The van der Waals surface area contributed by atoms with E-state index in [1.165, 1.54) is 6.08 Å². The maximum Gasteiger partial charge on any atom is 0.509 e. The molecular formula is C27H35ClO9. The summed E-state index contributed by atoms with van der Waals surface area (Å²) in [6.45, 7) is 6.41. The number of ketones is 2. The number of methoxy groups -OCH3 is 1. The Balaban J connectivity index is 1.71. The van der Waals surface area contributed by atoms with Gasteiger partial charge in [-0.2, -0.15) is 0 Å². The molecule has 0 spiro atoms. The van der Waals surface area contributed by atoms with Crippen molar-refractivity contribution in [3.8, 4) is 0 Å². The van der Waals surface area contributed by atoms with Crippen molar-refractivity contribution in [1.29, 1.82) is 0 Å². The highest BCUT2D eigenvalue weighted by molar-refractivity contribution is 6.26. The number of carbonyl (C=O) groups excluding carboxylic acids is 4. The third-order valence-electron chi connectivity index (χ3n) is 9.29. The predicted octanol–water partition coefficient (Wildman–Crippen LogP) is 4.28. The predicted molar refractivity (Wildman–Crippen MR) is 132 cm³/mol. The number of halogens is 1. The van der Waals surface area contributed by atoms with Gasteiger partial charge >= 0.3 is 12.3 Å².